The first-order chi connectivity index (χ1) is 8.45. The molecule has 1 aliphatic rings. The topological polar surface area (TPSA) is 49.3 Å². The van der Waals surface area contributed by atoms with Crippen molar-refractivity contribution in [2.75, 3.05) is 6.54 Å². The van der Waals surface area contributed by atoms with Gasteiger partial charge in [0.1, 0.15) is 17.2 Å². The molecule has 0 bridgehead atoms. The Morgan fingerprint density at radius 2 is 2.00 bits per heavy atom. The van der Waals surface area contributed by atoms with Crippen molar-refractivity contribution in [2.24, 2.45) is 5.92 Å². The Balaban J connectivity index is 2.35. The molecule has 0 radical (unpaired) electrons. The first-order valence-electron chi connectivity index (χ1n) is 5.88. The molecule has 2 rings (SSSR count). The second kappa shape index (κ2) is 4.65. The van der Waals surface area contributed by atoms with Crippen LogP contribution in [-0.2, 0) is 10.3 Å². The summed E-state index contributed by atoms with van der Waals surface area (Å²) < 4.78 is 27.4. The third-order valence-electron chi connectivity index (χ3n) is 3.33. The van der Waals surface area contributed by atoms with Crippen LogP contribution < -0.4 is 5.32 Å². The fourth-order valence-electron chi connectivity index (χ4n) is 1.92. The Morgan fingerprint density at radius 3 is 2.44 bits per heavy atom. The van der Waals surface area contributed by atoms with E-state index in [0.29, 0.717) is 12.5 Å². The van der Waals surface area contributed by atoms with Crippen LogP contribution in [0.15, 0.2) is 18.2 Å². The van der Waals surface area contributed by atoms with Gasteiger partial charge >= 0.3 is 5.97 Å². The lowest BCUT2D eigenvalue weighted by atomic mass is 9.90. The van der Waals surface area contributed by atoms with Gasteiger partial charge in [-0.2, -0.15) is 0 Å². The van der Waals surface area contributed by atoms with Crippen molar-refractivity contribution in [2.45, 2.75) is 25.3 Å². The summed E-state index contributed by atoms with van der Waals surface area (Å²) in [6, 6.07) is 3.36. The fourth-order valence-corrected chi connectivity index (χ4v) is 1.92. The number of rotatable bonds is 5. The highest BCUT2D eigenvalue weighted by Crippen LogP contribution is 2.31. The molecule has 0 heterocycles. The van der Waals surface area contributed by atoms with E-state index in [0.717, 1.165) is 25.0 Å². The molecule has 0 amide bonds. The quantitative estimate of drug-likeness (QED) is 0.848. The summed E-state index contributed by atoms with van der Waals surface area (Å²) in [5.41, 5.74) is -2.17. The highest BCUT2D eigenvalue weighted by molar-refractivity contribution is 5.80. The van der Waals surface area contributed by atoms with Crippen molar-refractivity contribution in [3.8, 4) is 0 Å². The van der Waals surface area contributed by atoms with E-state index in [1.54, 1.807) is 0 Å². The van der Waals surface area contributed by atoms with Gasteiger partial charge in [0, 0.05) is 0 Å². The third kappa shape index (κ3) is 2.36. The van der Waals surface area contributed by atoms with Gasteiger partial charge in [-0.1, -0.05) is 6.07 Å². The number of benzene rings is 1. The Morgan fingerprint density at radius 1 is 1.44 bits per heavy atom. The molecule has 1 unspecified atom stereocenters. The molecule has 0 spiro atoms. The summed E-state index contributed by atoms with van der Waals surface area (Å²) in [5, 5.41) is 12.0. The van der Waals surface area contributed by atoms with Crippen molar-refractivity contribution in [3.63, 3.8) is 0 Å². The first kappa shape index (κ1) is 13.0. The van der Waals surface area contributed by atoms with Gasteiger partial charge in [0.15, 0.2) is 0 Å². The fraction of sp³-hybridized carbons (Fsp3) is 0.462. The van der Waals surface area contributed by atoms with Crippen LogP contribution in [0.25, 0.3) is 0 Å². The van der Waals surface area contributed by atoms with E-state index in [2.05, 4.69) is 5.32 Å². The molecule has 1 fully saturated rings. The minimum atomic E-state index is -1.74. The molecule has 98 valence electrons. The molecule has 5 heteroatoms. The average Bonchev–Trinajstić information content (AvgIpc) is 3.09. The van der Waals surface area contributed by atoms with Gasteiger partial charge in [-0.05, 0) is 44.4 Å². The number of hydrogen-bond acceptors (Lipinski definition) is 2. The third-order valence-corrected chi connectivity index (χ3v) is 3.33. The molecular formula is C13H15F2NO2. The predicted octanol–water partition coefficient (Wildman–Crippen LogP) is 2.26. The number of nitrogens with one attached hydrogen (secondary N) is 1. The highest BCUT2D eigenvalue weighted by atomic mass is 19.1. The summed E-state index contributed by atoms with van der Waals surface area (Å²) in [5.74, 6) is -2.56. The molecule has 0 aromatic heterocycles. The van der Waals surface area contributed by atoms with Crippen LogP contribution in [0.3, 0.4) is 0 Å². The molecule has 2 N–H and O–H groups in total. The number of carbonyl (C=O) groups is 1. The van der Waals surface area contributed by atoms with Crippen molar-refractivity contribution in [1.82, 2.24) is 5.32 Å². The minimum absolute atomic E-state index is 0.415. The van der Waals surface area contributed by atoms with E-state index in [9.17, 15) is 18.7 Å². The Kier molecular flexibility index (Phi) is 3.34. The summed E-state index contributed by atoms with van der Waals surface area (Å²) in [7, 11) is 0. The molecule has 18 heavy (non-hydrogen) atoms. The number of aliphatic carboxylic acids is 1. The van der Waals surface area contributed by atoms with Gasteiger partial charge in [-0.25, -0.2) is 13.6 Å². The van der Waals surface area contributed by atoms with Crippen LogP contribution in [0.1, 0.15) is 25.3 Å². The largest absolute Gasteiger partial charge is 0.480 e. The van der Waals surface area contributed by atoms with Crippen molar-refractivity contribution in [1.29, 1.82) is 0 Å². The minimum Gasteiger partial charge on any atom is -0.480 e. The standard InChI is InChI=1S/C13H15F2NO2/c1-13(12(17)18,16-7-8-5-6-8)11-9(14)3-2-4-10(11)15/h2-4,8,16H,5-7H2,1H3,(H,17,18). The van der Waals surface area contributed by atoms with E-state index in [1.165, 1.54) is 13.0 Å². The van der Waals surface area contributed by atoms with Gasteiger partial charge in [-0.15, -0.1) is 0 Å². The smallest absolute Gasteiger partial charge is 0.328 e. The van der Waals surface area contributed by atoms with Crippen molar-refractivity contribution >= 4 is 5.97 Å². The second-order valence-electron chi connectivity index (χ2n) is 4.85. The van der Waals surface area contributed by atoms with Crippen LogP contribution in [0, 0.1) is 17.6 Å². The van der Waals surface area contributed by atoms with Gasteiger partial charge < -0.3 is 5.11 Å². The zero-order valence-corrected chi connectivity index (χ0v) is 10.0. The highest BCUT2D eigenvalue weighted by Gasteiger charge is 2.40. The molecule has 1 atom stereocenters. The molecule has 1 aromatic carbocycles. The van der Waals surface area contributed by atoms with Crippen LogP contribution in [0.2, 0.25) is 0 Å². The van der Waals surface area contributed by atoms with Crippen LogP contribution >= 0.6 is 0 Å². The molecule has 3 nitrogen and oxygen atoms in total. The zero-order chi connectivity index (χ0) is 13.3. The number of carboxylic acids is 1. The molecule has 1 aliphatic carbocycles. The predicted molar refractivity (Wildman–Crippen MR) is 62.1 cm³/mol. The Labute approximate surface area is 104 Å². The lowest BCUT2D eigenvalue weighted by Crippen LogP contribution is -2.48. The maximum Gasteiger partial charge on any atom is 0.328 e. The van der Waals surface area contributed by atoms with Crippen LogP contribution in [0.4, 0.5) is 8.78 Å². The summed E-state index contributed by atoms with van der Waals surface area (Å²) in [6.07, 6.45) is 2.06. The average molecular weight is 255 g/mol. The maximum absolute atomic E-state index is 13.7. The molecule has 0 aliphatic heterocycles. The monoisotopic (exact) mass is 255 g/mol. The summed E-state index contributed by atoms with van der Waals surface area (Å²) in [6.45, 7) is 1.75. The Bertz CT molecular complexity index is 454. The number of hydrogen-bond donors (Lipinski definition) is 2. The molecular weight excluding hydrogens is 240 g/mol. The number of carboxylic acid groups (broad SMARTS) is 1. The Hall–Kier alpha value is -1.49. The number of halogens is 2. The van der Waals surface area contributed by atoms with Crippen molar-refractivity contribution < 1.29 is 18.7 Å². The van der Waals surface area contributed by atoms with Gasteiger partial charge in [0.05, 0.1) is 5.56 Å². The van der Waals surface area contributed by atoms with E-state index >= 15 is 0 Å². The molecule has 0 saturated heterocycles. The van der Waals surface area contributed by atoms with E-state index in [4.69, 9.17) is 0 Å². The lowest BCUT2D eigenvalue weighted by Gasteiger charge is -2.27. The van der Waals surface area contributed by atoms with E-state index in [-0.39, 0.29) is 0 Å². The second-order valence-corrected chi connectivity index (χ2v) is 4.85. The van der Waals surface area contributed by atoms with Crippen LogP contribution in [-0.4, -0.2) is 17.6 Å². The van der Waals surface area contributed by atoms with Gasteiger partial charge in [-0.3, -0.25) is 5.32 Å². The van der Waals surface area contributed by atoms with Crippen molar-refractivity contribution in [3.05, 3.63) is 35.4 Å². The van der Waals surface area contributed by atoms with Gasteiger partial charge in [0.2, 0.25) is 0 Å². The first-order valence-corrected chi connectivity index (χ1v) is 5.88. The lowest BCUT2D eigenvalue weighted by molar-refractivity contribution is -0.144. The normalized spacial score (nSPS) is 18.4. The summed E-state index contributed by atoms with van der Waals surface area (Å²) >= 11 is 0. The van der Waals surface area contributed by atoms with Gasteiger partial charge in [0.25, 0.3) is 0 Å². The molecule has 1 saturated carbocycles. The van der Waals surface area contributed by atoms with E-state index < -0.39 is 28.7 Å². The van der Waals surface area contributed by atoms with E-state index in [1.807, 2.05) is 0 Å². The molecule has 1 aromatic rings. The summed E-state index contributed by atoms with van der Waals surface area (Å²) in [4.78, 5) is 11.4. The van der Waals surface area contributed by atoms with Crippen LogP contribution in [0.5, 0.6) is 0 Å². The zero-order valence-electron chi connectivity index (χ0n) is 10.0. The maximum atomic E-state index is 13.7. The SMILES string of the molecule is CC(NCC1CC1)(C(=O)O)c1c(F)cccc1F.